The minimum absolute atomic E-state index is 0.0586. The zero-order valence-electron chi connectivity index (χ0n) is 13.2. The van der Waals surface area contributed by atoms with Gasteiger partial charge >= 0.3 is 0 Å². The Labute approximate surface area is 131 Å². The third-order valence-corrected chi connectivity index (χ3v) is 5.36. The van der Waals surface area contributed by atoms with Gasteiger partial charge in [0.15, 0.2) is 0 Å². The highest BCUT2D eigenvalue weighted by atomic mass is 16.2. The SMILES string of the molecule is CNCC1CCN(C(=O)CN2C(=O)C3CCCCC3C2=O)C1. The first-order chi connectivity index (χ1) is 10.6. The molecule has 1 saturated carbocycles. The number of imide groups is 1. The van der Waals surface area contributed by atoms with Gasteiger partial charge in [-0.05, 0) is 38.8 Å². The van der Waals surface area contributed by atoms with Crippen LogP contribution in [0.25, 0.3) is 0 Å². The van der Waals surface area contributed by atoms with Gasteiger partial charge in [0.2, 0.25) is 17.7 Å². The second kappa shape index (κ2) is 6.36. The summed E-state index contributed by atoms with van der Waals surface area (Å²) in [4.78, 5) is 40.2. The van der Waals surface area contributed by atoms with Crippen molar-refractivity contribution in [2.75, 3.05) is 33.2 Å². The van der Waals surface area contributed by atoms with Crippen molar-refractivity contribution in [1.29, 1.82) is 0 Å². The van der Waals surface area contributed by atoms with Crippen molar-refractivity contribution in [3.8, 4) is 0 Å². The van der Waals surface area contributed by atoms with Gasteiger partial charge in [-0.25, -0.2) is 0 Å². The van der Waals surface area contributed by atoms with E-state index in [0.29, 0.717) is 5.92 Å². The van der Waals surface area contributed by atoms with Gasteiger partial charge in [0.1, 0.15) is 6.54 Å². The molecule has 122 valence electrons. The number of carbonyl (C=O) groups is 3. The lowest BCUT2D eigenvalue weighted by atomic mass is 9.81. The van der Waals surface area contributed by atoms with Gasteiger partial charge in [-0.3, -0.25) is 19.3 Å². The lowest BCUT2D eigenvalue weighted by molar-refractivity contribution is -0.146. The van der Waals surface area contributed by atoms with Crippen molar-refractivity contribution >= 4 is 17.7 Å². The molecule has 3 fully saturated rings. The van der Waals surface area contributed by atoms with E-state index in [9.17, 15) is 14.4 Å². The summed E-state index contributed by atoms with van der Waals surface area (Å²) in [7, 11) is 1.91. The van der Waals surface area contributed by atoms with Crippen LogP contribution in [0.1, 0.15) is 32.1 Å². The van der Waals surface area contributed by atoms with Gasteiger partial charge in [0.05, 0.1) is 11.8 Å². The first kappa shape index (κ1) is 15.5. The van der Waals surface area contributed by atoms with E-state index in [1.54, 1.807) is 4.90 Å². The van der Waals surface area contributed by atoms with Gasteiger partial charge in [-0.2, -0.15) is 0 Å². The molecule has 3 aliphatic rings. The number of rotatable bonds is 4. The lowest BCUT2D eigenvalue weighted by Gasteiger charge is -2.20. The number of nitrogens with zero attached hydrogens (tertiary/aromatic N) is 2. The zero-order valence-corrected chi connectivity index (χ0v) is 13.2. The zero-order chi connectivity index (χ0) is 15.7. The molecule has 2 heterocycles. The van der Waals surface area contributed by atoms with Crippen LogP contribution in [0.15, 0.2) is 0 Å². The second-order valence-corrected chi connectivity index (χ2v) is 6.81. The average Bonchev–Trinajstić information content (AvgIpc) is 3.08. The molecule has 22 heavy (non-hydrogen) atoms. The van der Waals surface area contributed by atoms with E-state index in [1.165, 1.54) is 4.90 Å². The molecule has 0 radical (unpaired) electrons. The maximum Gasteiger partial charge on any atom is 0.242 e. The summed E-state index contributed by atoms with van der Waals surface area (Å²) in [5.41, 5.74) is 0. The van der Waals surface area contributed by atoms with E-state index in [4.69, 9.17) is 0 Å². The number of hydrogen-bond acceptors (Lipinski definition) is 4. The summed E-state index contributed by atoms with van der Waals surface area (Å²) < 4.78 is 0. The van der Waals surface area contributed by atoms with Gasteiger partial charge in [0.25, 0.3) is 0 Å². The highest BCUT2D eigenvalue weighted by molar-refractivity contribution is 6.07. The summed E-state index contributed by atoms with van der Waals surface area (Å²) in [5, 5.41) is 3.13. The normalized spacial score (nSPS) is 31.8. The van der Waals surface area contributed by atoms with E-state index >= 15 is 0 Å². The Morgan fingerprint density at radius 1 is 1.14 bits per heavy atom. The summed E-state index contributed by atoms with van der Waals surface area (Å²) >= 11 is 0. The van der Waals surface area contributed by atoms with Crippen LogP contribution in [0.4, 0.5) is 0 Å². The number of nitrogens with one attached hydrogen (secondary N) is 1. The second-order valence-electron chi connectivity index (χ2n) is 6.81. The van der Waals surface area contributed by atoms with Gasteiger partial charge in [-0.15, -0.1) is 0 Å². The van der Waals surface area contributed by atoms with Crippen LogP contribution in [-0.2, 0) is 14.4 Å². The predicted octanol–water partition coefficient (Wildman–Crippen LogP) is 0.230. The van der Waals surface area contributed by atoms with Crippen LogP contribution < -0.4 is 5.32 Å². The Morgan fingerprint density at radius 2 is 1.77 bits per heavy atom. The first-order valence-corrected chi connectivity index (χ1v) is 8.39. The van der Waals surface area contributed by atoms with E-state index < -0.39 is 0 Å². The summed E-state index contributed by atoms with van der Waals surface area (Å²) in [5.74, 6) is -0.169. The topological polar surface area (TPSA) is 69.7 Å². The molecule has 0 aromatic heterocycles. The molecule has 6 nitrogen and oxygen atoms in total. The number of likely N-dealkylation sites (tertiary alicyclic amines) is 2. The number of hydrogen-bond donors (Lipinski definition) is 1. The van der Waals surface area contributed by atoms with E-state index in [-0.39, 0.29) is 36.1 Å². The Bertz CT molecular complexity index is 455. The Kier molecular flexibility index (Phi) is 4.47. The highest BCUT2D eigenvalue weighted by Crippen LogP contribution is 2.37. The monoisotopic (exact) mass is 307 g/mol. The van der Waals surface area contributed by atoms with Crippen LogP contribution in [0, 0.1) is 17.8 Å². The van der Waals surface area contributed by atoms with Crippen molar-refractivity contribution in [1.82, 2.24) is 15.1 Å². The fourth-order valence-corrected chi connectivity index (χ4v) is 4.14. The third-order valence-electron chi connectivity index (χ3n) is 5.36. The quantitative estimate of drug-likeness (QED) is 0.755. The largest absolute Gasteiger partial charge is 0.341 e. The molecule has 0 spiro atoms. The van der Waals surface area contributed by atoms with E-state index in [2.05, 4.69) is 5.32 Å². The fourth-order valence-electron chi connectivity index (χ4n) is 4.14. The van der Waals surface area contributed by atoms with Gasteiger partial charge in [-0.1, -0.05) is 12.8 Å². The number of carbonyl (C=O) groups excluding carboxylic acids is 3. The molecule has 3 rings (SSSR count). The molecule has 1 aliphatic carbocycles. The molecule has 2 aliphatic heterocycles. The summed E-state index contributed by atoms with van der Waals surface area (Å²) in [6.45, 7) is 2.30. The molecule has 0 aromatic rings. The maximum atomic E-state index is 12.4. The summed E-state index contributed by atoms with van der Waals surface area (Å²) in [6, 6.07) is 0. The van der Waals surface area contributed by atoms with Crippen molar-refractivity contribution < 1.29 is 14.4 Å². The van der Waals surface area contributed by atoms with Crippen molar-refractivity contribution in [3.63, 3.8) is 0 Å². The minimum Gasteiger partial charge on any atom is -0.341 e. The molecule has 6 heteroatoms. The van der Waals surface area contributed by atoms with Crippen molar-refractivity contribution in [2.45, 2.75) is 32.1 Å². The number of amides is 3. The van der Waals surface area contributed by atoms with Crippen LogP contribution in [0.5, 0.6) is 0 Å². The predicted molar refractivity (Wildman–Crippen MR) is 80.8 cm³/mol. The Balaban J connectivity index is 1.60. The number of fused-ring (bicyclic) bond motifs is 1. The van der Waals surface area contributed by atoms with Crippen LogP contribution >= 0.6 is 0 Å². The van der Waals surface area contributed by atoms with Crippen molar-refractivity contribution in [2.24, 2.45) is 17.8 Å². The molecular formula is C16H25N3O3. The molecule has 1 N–H and O–H groups in total. The summed E-state index contributed by atoms with van der Waals surface area (Å²) in [6.07, 6.45) is 4.61. The Hall–Kier alpha value is -1.43. The van der Waals surface area contributed by atoms with Crippen molar-refractivity contribution in [3.05, 3.63) is 0 Å². The minimum atomic E-state index is -0.162. The van der Waals surface area contributed by atoms with Crippen LogP contribution in [0.3, 0.4) is 0 Å². The van der Waals surface area contributed by atoms with Crippen LogP contribution in [0.2, 0.25) is 0 Å². The Morgan fingerprint density at radius 3 is 2.36 bits per heavy atom. The lowest BCUT2D eigenvalue weighted by Crippen LogP contribution is -2.42. The average molecular weight is 307 g/mol. The molecule has 2 saturated heterocycles. The van der Waals surface area contributed by atoms with Gasteiger partial charge < -0.3 is 10.2 Å². The molecule has 0 bridgehead atoms. The molecule has 0 aromatic carbocycles. The molecule has 3 unspecified atom stereocenters. The smallest absolute Gasteiger partial charge is 0.242 e. The standard InChI is InChI=1S/C16H25N3O3/c1-17-8-11-6-7-18(9-11)14(20)10-19-15(21)12-4-2-3-5-13(12)16(19)22/h11-13,17H,2-10H2,1H3. The van der Waals surface area contributed by atoms with E-state index in [0.717, 1.165) is 51.7 Å². The molecule has 3 amide bonds. The molecular weight excluding hydrogens is 282 g/mol. The maximum absolute atomic E-state index is 12.4. The molecule has 3 atom stereocenters. The fraction of sp³-hybridized carbons (Fsp3) is 0.812. The van der Waals surface area contributed by atoms with Gasteiger partial charge in [0, 0.05) is 13.1 Å². The van der Waals surface area contributed by atoms with Crippen LogP contribution in [-0.4, -0.2) is 60.7 Å². The third kappa shape index (κ3) is 2.76. The van der Waals surface area contributed by atoms with E-state index in [1.807, 2.05) is 7.05 Å². The highest BCUT2D eigenvalue weighted by Gasteiger charge is 2.48. The first-order valence-electron chi connectivity index (χ1n) is 8.39.